The predicted octanol–water partition coefficient (Wildman–Crippen LogP) is 12.0. The van der Waals surface area contributed by atoms with Gasteiger partial charge in [0.15, 0.2) is 6.29 Å². The number of hydrogen-bond donors (Lipinski definition) is 0. The number of carbonyl (C=O) groups is 1. The van der Waals surface area contributed by atoms with Crippen molar-refractivity contribution in [3.63, 3.8) is 0 Å². The lowest BCUT2D eigenvalue weighted by Crippen LogP contribution is -2.22. The highest BCUT2D eigenvalue weighted by molar-refractivity contribution is 9.09. The Morgan fingerprint density at radius 2 is 0.951 bits per heavy atom. The first-order valence-electron chi connectivity index (χ1n) is 18.1. The maximum Gasteiger partial charge on any atom is 0.305 e. The Morgan fingerprint density at radius 1 is 0.512 bits per heavy atom. The fourth-order valence-electron chi connectivity index (χ4n) is 5.59. The predicted molar refractivity (Wildman–Crippen MR) is 181 cm³/mol. The van der Waals surface area contributed by atoms with Crippen molar-refractivity contribution in [2.45, 2.75) is 188 Å². The highest BCUT2D eigenvalue weighted by atomic mass is 79.9. The SMILES string of the molecule is CCCCCC(CCCCC)CCOC(CCC(=O)OCCCCCCBr)OCCC(CCCCC)CCCCC. The van der Waals surface area contributed by atoms with Crippen LogP contribution in [0.15, 0.2) is 0 Å². The van der Waals surface area contributed by atoms with Crippen molar-refractivity contribution in [3.05, 3.63) is 0 Å². The minimum absolute atomic E-state index is 0.114. The summed E-state index contributed by atoms with van der Waals surface area (Å²) in [5, 5.41) is 1.05. The zero-order valence-electron chi connectivity index (χ0n) is 28.0. The fourth-order valence-corrected chi connectivity index (χ4v) is 5.99. The number of unbranched alkanes of at least 4 members (excludes halogenated alkanes) is 11. The van der Waals surface area contributed by atoms with E-state index in [2.05, 4.69) is 43.6 Å². The molecule has 0 spiro atoms. The summed E-state index contributed by atoms with van der Waals surface area (Å²) in [6, 6.07) is 0. The molecule has 4 nitrogen and oxygen atoms in total. The van der Waals surface area contributed by atoms with E-state index in [-0.39, 0.29) is 12.3 Å². The Bertz CT molecular complexity index is 480. The van der Waals surface area contributed by atoms with Crippen LogP contribution in [0.5, 0.6) is 0 Å². The summed E-state index contributed by atoms with van der Waals surface area (Å²) in [5.74, 6) is 1.37. The summed E-state index contributed by atoms with van der Waals surface area (Å²) in [4.78, 5) is 12.4. The third kappa shape index (κ3) is 28.4. The second kappa shape index (κ2) is 32.8. The molecule has 0 N–H and O–H groups in total. The Morgan fingerprint density at radius 3 is 1.37 bits per heavy atom. The van der Waals surface area contributed by atoms with Crippen molar-refractivity contribution in [2.24, 2.45) is 11.8 Å². The summed E-state index contributed by atoms with van der Waals surface area (Å²) < 4.78 is 18.2. The first-order valence-corrected chi connectivity index (χ1v) is 19.2. The van der Waals surface area contributed by atoms with Crippen LogP contribution in [0, 0.1) is 11.8 Å². The monoisotopic (exact) mass is 646 g/mol. The molecule has 0 unspecified atom stereocenters. The van der Waals surface area contributed by atoms with E-state index in [1.807, 2.05) is 0 Å². The van der Waals surface area contributed by atoms with E-state index in [9.17, 15) is 4.79 Å². The molecule has 0 amide bonds. The molecule has 0 radical (unpaired) electrons. The van der Waals surface area contributed by atoms with E-state index in [1.165, 1.54) is 116 Å². The fraction of sp³-hybridized carbons (Fsp3) is 0.972. The molecule has 0 aliphatic rings. The van der Waals surface area contributed by atoms with Gasteiger partial charge in [0.25, 0.3) is 0 Å². The van der Waals surface area contributed by atoms with Gasteiger partial charge in [-0.25, -0.2) is 0 Å². The molecule has 0 saturated heterocycles. The normalized spacial score (nSPS) is 11.8. The second-order valence-corrected chi connectivity index (χ2v) is 13.1. The van der Waals surface area contributed by atoms with Crippen LogP contribution in [0.4, 0.5) is 0 Å². The minimum atomic E-state index is -0.305. The van der Waals surface area contributed by atoms with Crippen molar-refractivity contribution in [1.82, 2.24) is 0 Å². The van der Waals surface area contributed by atoms with E-state index < -0.39 is 0 Å². The summed E-state index contributed by atoms with van der Waals surface area (Å²) in [5.41, 5.74) is 0. The third-order valence-corrected chi connectivity index (χ3v) is 8.96. The molecular formula is C36H71BrO4. The topological polar surface area (TPSA) is 44.8 Å². The third-order valence-electron chi connectivity index (χ3n) is 8.40. The lowest BCUT2D eigenvalue weighted by Gasteiger charge is -2.23. The molecule has 0 aliphatic heterocycles. The van der Waals surface area contributed by atoms with E-state index in [0.29, 0.717) is 19.4 Å². The lowest BCUT2D eigenvalue weighted by atomic mass is 9.92. The number of hydrogen-bond acceptors (Lipinski definition) is 4. The standard InChI is InChI=1S/C36H71BrO4/c1-5-9-15-21-33(22-16-10-6-2)27-31-40-36(26-25-35(38)39-30-20-14-13-19-29-37)41-32-28-34(23-17-11-7-3)24-18-12-8-4/h33-34,36H,5-32H2,1-4H3. The molecule has 0 bridgehead atoms. The van der Waals surface area contributed by atoms with Gasteiger partial charge in [-0.1, -0.05) is 159 Å². The van der Waals surface area contributed by atoms with Gasteiger partial charge in [0.05, 0.1) is 13.0 Å². The molecule has 0 fully saturated rings. The number of halogens is 1. The molecule has 5 heteroatoms. The summed E-state index contributed by atoms with van der Waals surface area (Å²) in [6.45, 7) is 11.1. The Kier molecular flexibility index (Phi) is 32.7. The van der Waals surface area contributed by atoms with Gasteiger partial charge >= 0.3 is 5.97 Å². The van der Waals surface area contributed by atoms with Gasteiger partial charge < -0.3 is 14.2 Å². The largest absolute Gasteiger partial charge is 0.466 e. The van der Waals surface area contributed by atoms with Gasteiger partial charge in [-0.05, 0) is 37.5 Å². The van der Waals surface area contributed by atoms with Crippen molar-refractivity contribution in [1.29, 1.82) is 0 Å². The Hall–Kier alpha value is -0.130. The van der Waals surface area contributed by atoms with Crippen molar-refractivity contribution >= 4 is 21.9 Å². The molecule has 0 rings (SSSR count). The first-order chi connectivity index (χ1) is 20.1. The molecule has 41 heavy (non-hydrogen) atoms. The van der Waals surface area contributed by atoms with Crippen LogP contribution in [0.1, 0.15) is 182 Å². The first kappa shape index (κ1) is 40.9. The van der Waals surface area contributed by atoms with Gasteiger partial charge in [0, 0.05) is 25.0 Å². The summed E-state index contributed by atoms with van der Waals surface area (Å²) in [7, 11) is 0. The Labute approximate surface area is 265 Å². The number of carbonyl (C=O) groups excluding carboxylic acids is 1. The molecule has 0 aromatic heterocycles. The lowest BCUT2D eigenvalue weighted by molar-refractivity contribution is -0.161. The van der Waals surface area contributed by atoms with E-state index in [0.717, 1.165) is 56.1 Å². The molecule has 0 atom stereocenters. The second-order valence-electron chi connectivity index (χ2n) is 12.3. The van der Waals surface area contributed by atoms with Gasteiger partial charge in [-0.15, -0.1) is 0 Å². The Balaban J connectivity index is 4.83. The van der Waals surface area contributed by atoms with Gasteiger partial charge in [-0.3, -0.25) is 4.79 Å². The summed E-state index contributed by atoms with van der Waals surface area (Å²) >= 11 is 3.47. The van der Waals surface area contributed by atoms with Crippen LogP contribution < -0.4 is 0 Å². The molecule has 0 aromatic carbocycles. The highest BCUT2D eigenvalue weighted by Crippen LogP contribution is 2.23. The van der Waals surface area contributed by atoms with Gasteiger partial charge in [0.2, 0.25) is 0 Å². The van der Waals surface area contributed by atoms with Gasteiger partial charge in [-0.2, -0.15) is 0 Å². The zero-order chi connectivity index (χ0) is 30.2. The molecule has 0 aliphatic carbocycles. The van der Waals surface area contributed by atoms with Crippen LogP contribution in [-0.2, 0) is 19.0 Å². The van der Waals surface area contributed by atoms with Crippen molar-refractivity contribution in [2.75, 3.05) is 25.2 Å². The van der Waals surface area contributed by atoms with Gasteiger partial charge in [0.1, 0.15) is 0 Å². The number of esters is 1. The average molecular weight is 648 g/mol. The van der Waals surface area contributed by atoms with Crippen LogP contribution >= 0.6 is 15.9 Å². The van der Waals surface area contributed by atoms with Crippen LogP contribution in [0.3, 0.4) is 0 Å². The molecule has 0 heterocycles. The number of alkyl halides is 1. The van der Waals surface area contributed by atoms with Crippen LogP contribution in [0.2, 0.25) is 0 Å². The smallest absolute Gasteiger partial charge is 0.305 e. The van der Waals surface area contributed by atoms with Crippen molar-refractivity contribution < 1.29 is 19.0 Å². The molecule has 0 saturated carbocycles. The molecule has 0 aromatic rings. The molecular weight excluding hydrogens is 576 g/mol. The van der Waals surface area contributed by atoms with E-state index >= 15 is 0 Å². The minimum Gasteiger partial charge on any atom is -0.466 e. The number of rotatable bonds is 33. The number of ether oxygens (including phenoxy) is 3. The molecule has 246 valence electrons. The summed E-state index contributed by atoms with van der Waals surface area (Å²) in [6.07, 6.45) is 28.2. The maximum absolute atomic E-state index is 12.4. The van der Waals surface area contributed by atoms with Crippen LogP contribution in [-0.4, -0.2) is 37.4 Å². The quantitative estimate of drug-likeness (QED) is 0.0308. The maximum atomic E-state index is 12.4. The van der Waals surface area contributed by atoms with Crippen molar-refractivity contribution in [3.8, 4) is 0 Å². The zero-order valence-corrected chi connectivity index (χ0v) is 29.6. The van der Waals surface area contributed by atoms with Crippen LogP contribution in [0.25, 0.3) is 0 Å². The van der Waals surface area contributed by atoms with E-state index in [1.54, 1.807) is 0 Å². The average Bonchev–Trinajstić information content (AvgIpc) is 2.97. The van der Waals surface area contributed by atoms with E-state index in [4.69, 9.17) is 14.2 Å². The highest BCUT2D eigenvalue weighted by Gasteiger charge is 2.17.